The summed E-state index contributed by atoms with van der Waals surface area (Å²) in [6.07, 6.45) is 0. The summed E-state index contributed by atoms with van der Waals surface area (Å²) < 4.78 is 14.1. The Morgan fingerprint density at radius 3 is 2.73 bits per heavy atom. The van der Waals surface area contributed by atoms with Crippen LogP contribution in [0.3, 0.4) is 0 Å². The molecule has 0 aliphatic rings. The Labute approximate surface area is 73.7 Å². The number of hydrogen-bond acceptors (Lipinski definition) is 1. The van der Waals surface area contributed by atoms with E-state index in [9.17, 15) is 4.39 Å². The minimum absolute atomic E-state index is 0.236. The lowest BCUT2D eigenvalue weighted by Gasteiger charge is -2.10. The highest BCUT2D eigenvalue weighted by Crippen LogP contribution is 2.26. The summed E-state index contributed by atoms with van der Waals surface area (Å²) in [5, 5.41) is 0. The van der Waals surface area contributed by atoms with Gasteiger partial charge in [0, 0.05) is 0 Å². The van der Waals surface area contributed by atoms with Crippen LogP contribution in [0.4, 0.5) is 4.39 Å². The van der Waals surface area contributed by atoms with Crippen LogP contribution in [0.15, 0.2) is 24.3 Å². The average molecular weight is 194 g/mol. The molecule has 1 aromatic carbocycles. The Bertz CT molecular complexity index is 220. The maximum atomic E-state index is 12.4. The molecule has 0 atom stereocenters. The normalized spacial score (nSPS) is 11.2. The van der Waals surface area contributed by atoms with Crippen molar-refractivity contribution >= 4 is 23.2 Å². The largest absolute Gasteiger partial charge is 0.433 e. The zero-order valence-electron chi connectivity index (χ0n) is 5.35. The molecule has 59 valence electrons. The molecule has 0 bridgehead atoms. The van der Waals surface area contributed by atoms with Crippen molar-refractivity contribution in [3.8, 4) is 5.75 Å². The Balaban J connectivity index is 2.66. The van der Waals surface area contributed by atoms with Crippen LogP contribution in [0.5, 0.6) is 5.75 Å². The number of halogens is 3. The molecule has 0 N–H and O–H groups in total. The first-order valence-electron chi connectivity index (χ1n) is 2.80. The molecule has 0 saturated carbocycles. The third-order valence-corrected chi connectivity index (χ3v) is 1.07. The first-order chi connectivity index (χ1) is 5.08. The van der Waals surface area contributed by atoms with Gasteiger partial charge in [-0.2, -0.15) is 4.39 Å². The number of rotatable bonds is 2. The van der Waals surface area contributed by atoms with Crippen molar-refractivity contribution < 1.29 is 9.13 Å². The van der Waals surface area contributed by atoms with Crippen molar-refractivity contribution in [2.45, 2.75) is 4.77 Å². The molecule has 0 aliphatic heterocycles. The van der Waals surface area contributed by atoms with Crippen LogP contribution in [0.25, 0.3) is 0 Å². The van der Waals surface area contributed by atoms with Crippen LogP contribution in [0.1, 0.15) is 0 Å². The van der Waals surface area contributed by atoms with E-state index in [1.54, 1.807) is 12.1 Å². The fourth-order valence-electron chi connectivity index (χ4n) is 0.574. The zero-order chi connectivity index (χ0) is 8.32. The smallest absolute Gasteiger partial charge is 0.410 e. The topological polar surface area (TPSA) is 9.23 Å². The molecule has 11 heavy (non-hydrogen) atoms. The molecule has 1 rings (SSSR count). The minimum Gasteiger partial charge on any atom is -0.433 e. The number of hydrogen-bond donors (Lipinski definition) is 0. The molecule has 0 heterocycles. The van der Waals surface area contributed by atoms with Gasteiger partial charge in [-0.15, -0.1) is 0 Å². The highest BCUT2D eigenvalue weighted by molar-refractivity contribution is 6.46. The van der Waals surface area contributed by atoms with Gasteiger partial charge in [0.2, 0.25) is 0 Å². The van der Waals surface area contributed by atoms with Crippen LogP contribution in [0.2, 0.25) is 0 Å². The zero-order valence-corrected chi connectivity index (χ0v) is 6.86. The highest BCUT2D eigenvalue weighted by Gasteiger charge is 2.23. The van der Waals surface area contributed by atoms with Crippen LogP contribution in [0, 0.1) is 6.07 Å². The second-order valence-electron chi connectivity index (χ2n) is 1.79. The van der Waals surface area contributed by atoms with Gasteiger partial charge in [0.25, 0.3) is 0 Å². The molecule has 1 radical (unpaired) electrons. The van der Waals surface area contributed by atoms with Gasteiger partial charge >= 0.3 is 4.77 Å². The minimum atomic E-state index is -2.67. The second-order valence-corrected chi connectivity index (χ2v) is 2.95. The molecule has 0 fully saturated rings. The van der Waals surface area contributed by atoms with E-state index in [-0.39, 0.29) is 5.75 Å². The molecule has 0 unspecified atom stereocenters. The Hall–Kier alpha value is -0.470. The highest BCUT2D eigenvalue weighted by atomic mass is 35.5. The molecule has 0 spiro atoms. The summed E-state index contributed by atoms with van der Waals surface area (Å²) in [6, 6.07) is 8.91. The van der Waals surface area contributed by atoms with Crippen LogP contribution in [-0.4, -0.2) is 4.77 Å². The lowest BCUT2D eigenvalue weighted by Crippen LogP contribution is -2.13. The van der Waals surface area contributed by atoms with Crippen molar-refractivity contribution in [3.05, 3.63) is 30.3 Å². The standard InChI is InChI=1S/C7H4Cl2FO/c8-7(9,10)11-6-4-2-1-3-5-6/h1-2,4-5H. The fourth-order valence-corrected chi connectivity index (χ4v) is 0.752. The van der Waals surface area contributed by atoms with Crippen LogP contribution >= 0.6 is 23.2 Å². The molecule has 0 amide bonds. The van der Waals surface area contributed by atoms with E-state index in [2.05, 4.69) is 10.8 Å². The summed E-state index contributed by atoms with van der Waals surface area (Å²) in [4.78, 5) is 0. The van der Waals surface area contributed by atoms with E-state index in [0.29, 0.717) is 0 Å². The molecule has 1 nitrogen and oxygen atoms in total. The van der Waals surface area contributed by atoms with E-state index in [4.69, 9.17) is 23.2 Å². The lowest BCUT2D eigenvalue weighted by atomic mass is 10.3. The molecule has 0 aromatic heterocycles. The van der Waals surface area contributed by atoms with Crippen LogP contribution in [-0.2, 0) is 0 Å². The lowest BCUT2D eigenvalue weighted by molar-refractivity contribution is 0.104. The summed E-state index contributed by atoms with van der Waals surface area (Å²) in [7, 11) is 0. The van der Waals surface area contributed by atoms with Crippen molar-refractivity contribution in [1.29, 1.82) is 0 Å². The summed E-state index contributed by atoms with van der Waals surface area (Å²) in [6.45, 7) is 0. The van der Waals surface area contributed by atoms with Gasteiger partial charge in [0.15, 0.2) is 0 Å². The van der Waals surface area contributed by atoms with E-state index in [0.717, 1.165) is 0 Å². The third kappa shape index (κ3) is 3.44. The first kappa shape index (κ1) is 8.62. The van der Waals surface area contributed by atoms with Crippen molar-refractivity contribution in [2.24, 2.45) is 0 Å². The molecule has 0 aliphatic carbocycles. The first-order valence-corrected chi connectivity index (χ1v) is 3.55. The van der Waals surface area contributed by atoms with Crippen molar-refractivity contribution in [2.75, 3.05) is 0 Å². The number of ether oxygens (including phenoxy) is 1. The number of benzene rings is 1. The molecule has 1 aromatic rings. The summed E-state index contributed by atoms with van der Waals surface area (Å²) in [5.41, 5.74) is 0. The van der Waals surface area contributed by atoms with Gasteiger partial charge in [-0.05, 0) is 41.4 Å². The molecular formula is C7H4Cl2FO. The van der Waals surface area contributed by atoms with Gasteiger partial charge in [0.1, 0.15) is 5.75 Å². The SMILES string of the molecule is FC(Cl)(Cl)Oc1c[c]ccc1. The summed E-state index contributed by atoms with van der Waals surface area (Å²) in [5.74, 6) is 0.236. The van der Waals surface area contributed by atoms with Gasteiger partial charge in [0.05, 0.1) is 0 Å². The van der Waals surface area contributed by atoms with Gasteiger partial charge in [-0.25, -0.2) is 0 Å². The Kier molecular flexibility index (Phi) is 2.58. The van der Waals surface area contributed by atoms with Gasteiger partial charge < -0.3 is 4.74 Å². The van der Waals surface area contributed by atoms with Gasteiger partial charge in [-0.3, -0.25) is 0 Å². The average Bonchev–Trinajstić information content (AvgIpc) is 1.85. The van der Waals surface area contributed by atoms with E-state index >= 15 is 0 Å². The molecule has 4 heteroatoms. The maximum Gasteiger partial charge on any atom is 0.410 e. The Morgan fingerprint density at radius 1 is 1.55 bits per heavy atom. The van der Waals surface area contributed by atoms with E-state index < -0.39 is 4.77 Å². The fraction of sp³-hybridized carbons (Fsp3) is 0.143. The Morgan fingerprint density at radius 2 is 2.27 bits per heavy atom. The van der Waals surface area contributed by atoms with Crippen LogP contribution < -0.4 is 4.74 Å². The van der Waals surface area contributed by atoms with Gasteiger partial charge in [-0.1, -0.05) is 12.1 Å². The van der Waals surface area contributed by atoms with E-state index in [1.165, 1.54) is 12.1 Å². The second kappa shape index (κ2) is 3.28. The number of alkyl halides is 3. The van der Waals surface area contributed by atoms with E-state index in [1.807, 2.05) is 0 Å². The van der Waals surface area contributed by atoms with Crippen molar-refractivity contribution in [3.63, 3.8) is 0 Å². The van der Waals surface area contributed by atoms with Crippen molar-refractivity contribution in [1.82, 2.24) is 0 Å². The molecule has 0 saturated heterocycles. The molecular weight excluding hydrogens is 190 g/mol. The quantitative estimate of drug-likeness (QED) is 0.657. The predicted octanol–water partition coefficient (Wildman–Crippen LogP) is 2.92. The predicted molar refractivity (Wildman–Crippen MR) is 41.5 cm³/mol. The summed E-state index contributed by atoms with van der Waals surface area (Å²) >= 11 is 9.86. The monoisotopic (exact) mass is 193 g/mol. The maximum absolute atomic E-state index is 12.4. The third-order valence-electron chi connectivity index (χ3n) is 0.912.